The van der Waals surface area contributed by atoms with E-state index in [-0.39, 0.29) is 11.6 Å². The Kier molecular flexibility index (Phi) is 4.42. The summed E-state index contributed by atoms with van der Waals surface area (Å²) in [6.45, 7) is 0. The zero-order chi connectivity index (χ0) is 18.1. The number of hydrogen-bond donors (Lipinski definition) is 4. The van der Waals surface area contributed by atoms with Crippen LogP contribution in [0.1, 0.15) is 21.0 Å². The van der Waals surface area contributed by atoms with E-state index < -0.39 is 28.9 Å². The molecule has 9 nitrogen and oxygen atoms in total. The smallest absolute Gasteiger partial charge is 0.358 e. The molecule has 1 amide bonds. The first-order chi connectivity index (χ1) is 11.9. The number of furan rings is 1. The number of carbonyl (C=O) groups is 2. The Hall–Kier alpha value is -2.92. The molecule has 0 saturated carbocycles. The van der Waals surface area contributed by atoms with Crippen LogP contribution in [-0.4, -0.2) is 32.1 Å². The molecule has 3 aromatic heterocycles. The van der Waals surface area contributed by atoms with Gasteiger partial charge < -0.3 is 24.9 Å². The minimum Gasteiger partial charge on any atom is -0.501 e. The molecule has 0 atom stereocenters. The number of aromatic hydroxyl groups is 1. The summed E-state index contributed by atoms with van der Waals surface area (Å²) in [5, 5.41) is 24.2. The van der Waals surface area contributed by atoms with E-state index >= 15 is 0 Å². The summed E-state index contributed by atoms with van der Waals surface area (Å²) in [4.78, 5) is 41.0. The molecule has 4 N–H and O–H groups in total. The van der Waals surface area contributed by atoms with Crippen LogP contribution in [0.15, 0.2) is 36.8 Å². The van der Waals surface area contributed by atoms with Gasteiger partial charge in [0.1, 0.15) is 5.82 Å². The highest BCUT2D eigenvalue weighted by atomic mass is 79.9. The first-order valence-electron chi connectivity index (χ1n) is 6.56. The van der Waals surface area contributed by atoms with Crippen LogP contribution in [-0.2, 0) is 0 Å². The van der Waals surface area contributed by atoms with Crippen LogP contribution in [0, 0.1) is 0 Å². The van der Waals surface area contributed by atoms with Crippen LogP contribution in [0.2, 0.25) is 0 Å². The van der Waals surface area contributed by atoms with Gasteiger partial charge in [-0.15, -0.1) is 11.3 Å². The zero-order valence-corrected chi connectivity index (χ0v) is 14.5. The number of rotatable bonds is 4. The summed E-state index contributed by atoms with van der Waals surface area (Å²) in [7, 11) is 0. The van der Waals surface area contributed by atoms with Crippen molar-refractivity contribution in [1.29, 1.82) is 0 Å². The molecule has 25 heavy (non-hydrogen) atoms. The van der Waals surface area contributed by atoms with Gasteiger partial charge in [-0.2, -0.15) is 0 Å². The number of H-pyrrole nitrogens is 1. The number of anilines is 1. The average Bonchev–Trinajstić information content (AvgIpc) is 3.18. The van der Waals surface area contributed by atoms with Gasteiger partial charge in [-0.05, 0) is 28.1 Å². The molecule has 11 heteroatoms. The van der Waals surface area contributed by atoms with Gasteiger partial charge in [-0.3, -0.25) is 9.59 Å². The summed E-state index contributed by atoms with van der Waals surface area (Å²) in [5.74, 6) is -3.12. The minimum absolute atomic E-state index is 0.0578. The van der Waals surface area contributed by atoms with E-state index in [1.54, 1.807) is 16.8 Å². The van der Waals surface area contributed by atoms with E-state index in [1.165, 1.54) is 17.4 Å². The second kappa shape index (κ2) is 6.53. The van der Waals surface area contributed by atoms with E-state index in [1.807, 2.05) is 0 Å². The van der Waals surface area contributed by atoms with Crippen molar-refractivity contribution in [3.8, 4) is 17.1 Å². The molecular formula is C14H8BrN3O6S. The molecule has 3 rings (SSSR count). The Bertz CT molecular complexity index is 1040. The highest BCUT2D eigenvalue weighted by Crippen LogP contribution is 2.30. The maximum absolute atomic E-state index is 12.2. The van der Waals surface area contributed by atoms with Crippen molar-refractivity contribution in [3.05, 3.63) is 49.4 Å². The molecule has 0 aromatic carbocycles. The number of carboxylic acid groups (broad SMARTS) is 1. The predicted octanol–water partition coefficient (Wildman–Crippen LogP) is 2.51. The van der Waals surface area contributed by atoms with Crippen LogP contribution >= 0.6 is 27.3 Å². The highest BCUT2D eigenvalue weighted by Gasteiger charge is 2.20. The van der Waals surface area contributed by atoms with Crippen molar-refractivity contribution in [2.24, 2.45) is 0 Å². The molecule has 3 heterocycles. The van der Waals surface area contributed by atoms with Gasteiger partial charge >= 0.3 is 5.97 Å². The fraction of sp³-hybridized carbons (Fsp3) is 0. The quantitative estimate of drug-likeness (QED) is 0.502. The largest absolute Gasteiger partial charge is 0.501 e. The molecule has 0 bridgehead atoms. The van der Waals surface area contributed by atoms with Crippen LogP contribution in [0.25, 0.3) is 11.4 Å². The normalized spacial score (nSPS) is 10.6. The number of amides is 1. The number of carbonyl (C=O) groups excluding carboxylic acids is 1. The Morgan fingerprint density at radius 1 is 1.32 bits per heavy atom. The van der Waals surface area contributed by atoms with Gasteiger partial charge in [0.05, 0.1) is 11.3 Å². The molecule has 128 valence electrons. The third kappa shape index (κ3) is 3.32. The molecule has 0 unspecified atom stereocenters. The first kappa shape index (κ1) is 16.9. The van der Waals surface area contributed by atoms with Crippen LogP contribution < -0.4 is 10.9 Å². The number of nitrogens with one attached hydrogen (secondary N) is 2. The van der Waals surface area contributed by atoms with Gasteiger partial charge in [0.25, 0.3) is 11.5 Å². The predicted molar refractivity (Wildman–Crippen MR) is 91.2 cm³/mol. The summed E-state index contributed by atoms with van der Waals surface area (Å²) >= 11 is 4.29. The van der Waals surface area contributed by atoms with Crippen molar-refractivity contribution in [3.63, 3.8) is 0 Å². The first-order valence-corrected chi connectivity index (χ1v) is 8.30. The molecule has 0 saturated heterocycles. The Morgan fingerprint density at radius 3 is 2.72 bits per heavy atom. The number of thiophene rings is 1. The van der Waals surface area contributed by atoms with Gasteiger partial charge in [0.15, 0.2) is 16.1 Å². The third-order valence-corrected chi connectivity index (χ3v) is 4.23. The SMILES string of the molecule is O=C(Nc1cscc1-c1nc(C(=O)O)c(O)c(=O)[nH]1)c1ccc(Br)o1. The van der Waals surface area contributed by atoms with Crippen LogP contribution in [0.5, 0.6) is 5.75 Å². The van der Waals surface area contributed by atoms with Crippen molar-refractivity contribution >= 4 is 44.8 Å². The zero-order valence-electron chi connectivity index (χ0n) is 12.1. The van der Waals surface area contributed by atoms with Crippen molar-refractivity contribution in [2.45, 2.75) is 0 Å². The average molecular weight is 426 g/mol. The number of carboxylic acids is 1. The van der Waals surface area contributed by atoms with Crippen LogP contribution in [0.4, 0.5) is 5.69 Å². The molecule has 0 fully saturated rings. The standard InChI is InChI=1S/C14H8BrN3O6S/c15-8-2-1-7(24-8)12(20)16-6-4-25-3-5(6)11-17-9(14(22)23)10(19)13(21)18-11/h1-4,19H,(H,16,20)(H,22,23)(H,17,18,21). The topological polar surface area (TPSA) is 146 Å². The lowest BCUT2D eigenvalue weighted by Crippen LogP contribution is -2.16. The number of aromatic amines is 1. The van der Waals surface area contributed by atoms with E-state index in [2.05, 4.69) is 31.2 Å². The number of aromatic carboxylic acids is 1. The molecule has 0 aliphatic rings. The van der Waals surface area contributed by atoms with Crippen LogP contribution in [0.3, 0.4) is 0 Å². The second-order valence-electron chi connectivity index (χ2n) is 4.67. The highest BCUT2D eigenvalue weighted by molar-refractivity contribution is 9.10. The summed E-state index contributed by atoms with van der Waals surface area (Å²) in [6, 6.07) is 3.02. The second-order valence-corrected chi connectivity index (χ2v) is 6.20. The summed E-state index contributed by atoms with van der Waals surface area (Å²) in [6.07, 6.45) is 0. The van der Waals surface area contributed by atoms with Gasteiger partial charge in [0.2, 0.25) is 5.75 Å². The Labute approximate surface area is 151 Å². The number of aromatic nitrogens is 2. The van der Waals surface area contributed by atoms with Crippen molar-refractivity contribution < 1.29 is 24.2 Å². The summed E-state index contributed by atoms with van der Waals surface area (Å²) < 4.78 is 5.54. The fourth-order valence-corrected chi connectivity index (χ4v) is 3.01. The van der Waals surface area contributed by atoms with E-state index in [4.69, 9.17) is 9.52 Å². The molecule has 0 aliphatic heterocycles. The lowest BCUT2D eigenvalue weighted by Gasteiger charge is -2.06. The van der Waals surface area contributed by atoms with E-state index in [0.29, 0.717) is 15.9 Å². The molecule has 0 spiro atoms. The van der Waals surface area contributed by atoms with Gasteiger partial charge in [-0.1, -0.05) is 0 Å². The Balaban J connectivity index is 1.98. The molecule has 3 aromatic rings. The van der Waals surface area contributed by atoms with Crippen molar-refractivity contribution in [2.75, 3.05) is 5.32 Å². The summed E-state index contributed by atoms with van der Waals surface area (Å²) in [5.41, 5.74) is -1.19. The maximum Gasteiger partial charge on any atom is 0.358 e. The maximum atomic E-state index is 12.2. The molecular weight excluding hydrogens is 418 g/mol. The number of halogens is 1. The van der Waals surface area contributed by atoms with E-state index in [0.717, 1.165) is 0 Å². The molecule has 0 radical (unpaired) electrons. The fourth-order valence-electron chi connectivity index (χ4n) is 1.94. The van der Waals surface area contributed by atoms with Gasteiger partial charge in [-0.25, -0.2) is 9.78 Å². The van der Waals surface area contributed by atoms with Gasteiger partial charge in [0, 0.05) is 10.8 Å². The van der Waals surface area contributed by atoms with E-state index in [9.17, 15) is 19.5 Å². The number of nitrogens with zero attached hydrogens (tertiary/aromatic N) is 1. The number of hydrogen-bond acceptors (Lipinski definition) is 7. The minimum atomic E-state index is -1.55. The monoisotopic (exact) mass is 425 g/mol. The molecule has 0 aliphatic carbocycles. The van der Waals surface area contributed by atoms with Crippen molar-refractivity contribution in [1.82, 2.24) is 9.97 Å². The Morgan fingerprint density at radius 2 is 2.08 bits per heavy atom. The lowest BCUT2D eigenvalue weighted by atomic mass is 10.2. The lowest BCUT2D eigenvalue weighted by molar-refractivity contribution is 0.0686. The third-order valence-electron chi connectivity index (χ3n) is 3.06.